The summed E-state index contributed by atoms with van der Waals surface area (Å²) < 4.78 is 14.8. The number of rotatable bonds is 15. The summed E-state index contributed by atoms with van der Waals surface area (Å²) in [5, 5.41) is 8.70. The van der Waals surface area contributed by atoms with E-state index in [-0.39, 0.29) is 29.0 Å². The largest absolute Gasteiger partial charge is 0.487 e. The van der Waals surface area contributed by atoms with Crippen molar-refractivity contribution in [3.8, 4) is 5.75 Å². The molecule has 45 heavy (non-hydrogen) atoms. The molecule has 0 amide bonds. The average Bonchev–Trinajstić information content (AvgIpc) is 3.42. The highest BCUT2D eigenvalue weighted by Gasteiger charge is 2.48. The molecule has 0 bridgehead atoms. The van der Waals surface area contributed by atoms with Crippen molar-refractivity contribution >= 4 is 11.6 Å². The van der Waals surface area contributed by atoms with Crippen LogP contribution in [0, 0.1) is 10.8 Å². The summed E-state index contributed by atoms with van der Waals surface area (Å²) in [5.74, 6) is 1.72. The summed E-state index contributed by atoms with van der Waals surface area (Å²) in [4.78, 5) is 27.4. The third-order valence-electron chi connectivity index (χ3n) is 9.51. The number of carbonyl (C=O) groups is 2. The Hall–Kier alpha value is -3.22. The number of ketones is 2. The number of para-hydroxylation sites is 1. The normalized spacial score (nSPS) is 19.4. The van der Waals surface area contributed by atoms with Gasteiger partial charge in [0.15, 0.2) is 11.6 Å². The fourth-order valence-electron chi connectivity index (χ4n) is 7.26. The average molecular weight is 616 g/mol. The summed E-state index contributed by atoms with van der Waals surface area (Å²) in [7, 11) is 0. The number of Topliss-reactive ketones (excluding diaryl/α,β-unsaturated/α-hetero) is 2. The number of ether oxygens (including phenoxy) is 2. The van der Waals surface area contributed by atoms with Gasteiger partial charge in [-0.15, -0.1) is 5.10 Å². The molecule has 0 fully saturated rings. The molecule has 0 N–H and O–H groups in total. The Morgan fingerprint density at radius 3 is 1.96 bits per heavy atom. The van der Waals surface area contributed by atoms with Crippen LogP contribution in [-0.4, -0.2) is 26.6 Å². The summed E-state index contributed by atoms with van der Waals surface area (Å²) in [5.41, 5.74) is 2.46. The van der Waals surface area contributed by atoms with E-state index in [0.29, 0.717) is 42.6 Å². The number of allylic oxidation sites excluding steroid dienone is 4. The van der Waals surface area contributed by atoms with Crippen molar-refractivity contribution in [3.63, 3.8) is 0 Å². The standard InChI is InChI=1S/C38H53N3O4/c1-6-7-8-9-10-11-12-13-14-17-20-41-25-27(39-40-41)26-44-31-19-16-15-18-28(31)34-35-29(42)21-37(2,3)23-32(35)45-33-24-38(4,5)22-30(43)36(33)34/h15-16,18-19,25,34H,6-14,17,20-24,26H2,1-5H3. The van der Waals surface area contributed by atoms with Gasteiger partial charge in [0, 0.05) is 48.9 Å². The Morgan fingerprint density at radius 2 is 1.36 bits per heavy atom. The molecule has 0 spiro atoms. The minimum absolute atomic E-state index is 0.0557. The van der Waals surface area contributed by atoms with Gasteiger partial charge >= 0.3 is 0 Å². The number of carbonyl (C=O) groups excluding carboxylic acids is 2. The van der Waals surface area contributed by atoms with E-state index in [4.69, 9.17) is 9.47 Å². The van der Waals surface area contributed by atoms with E-state index < -0.39 is 5.92 Å². The van der Waals surface area contributed by atoms with Crippen molar-refractivity contribution in [2.75, 3.05) is 0 Å². The lowest BCUT2D eigenvalue weighted by molar-refractivity contribution is -0.120. The molecular formula is C38H53N3O4. The van der Waals surface area contributed by atoms with E-state index in [0.717, 1.165) is 35.7 Å². The van der Waals surface area contributed by atoms with Gasteiger partial charge in [-0.2, -0.15) is 0 Å². The first-order valence-electron chi connectivity index (χ1n) is 17.4. The molecule has 2 aromatic rings. The van der Waals surface area contributed by atoms with Crippen molar-refractivity contribution in [2.24, 2.45) is 10.8 Å². The van der Waals surface area contributed by atoms with Gasteiger partial charge < -0.3 is 9.47 Å². The molecule has 0 atom stereocenters. The van der Waals surface area contributed by atoms with E-state index in [1.54, 1.807) is 0 Å². The van der Waals surface area contributed by atoms with Crippen molar-refractivity contribution in [1.29, 1.82) is 0 Å². The minimum Gasteiger partial charge on any atom is -0.487 e. The number of hydrogen-bond donors (Lipinski definition) is 0. The Kier molecular flexibility index (Phi) is 10.7. The van der Waals surface area contributed by atoms with Crippen molar-refractivity contribution in [2.45, 2.75) is 144 Å². The highest BCUT2D eigenvalue weighted by atomic mass is 16.5. The molecule has 0 unspecified atom stereocenters. The van der Waals surface area contributed by atoms with Gasteiger partial charge in [-0.3, -0.25) is 14.3 Å². The van der Waals surface area contributed by atoms with E-state index in [1.165, 1.54) is 57.8 Å². The molecule has 7 nitrogen and oxygen atoms in total. The fraction of sp³-hybridized carbons (Fsp3) is 0.632. The molecular weight excluding hydrogens is 562 g/mol. The molecule has 0 saturated heterocycles. The molecule has 1 aliphatic heterocycles. The molecule has 1 aromatic heterocycles. The lowest BCUT2D eigenvalue weighted by Crippen LogP contribution is -2.37. The first-order valence-corrected chi connectivity index (χ1v) is 17.4. The molecule has 5 rings (SSSR count). The van der Waals surface area contributed by atoms with Crippen LogP contribution in [0.25, 0.3) is 0 Å². The van der Waals surface area contributed by atoms with Crippen LogP contribution in [0.5, 0.6) is 5.75 Å². The Labute approximate surface area is 269 Å². The van der Waals surface area contributed by atoms with Gasteiger partial charge in [-0.05, 0) is 23.3 Å². The van der Waals surface area contributed by atoms with Gasteiger partial charge in [0.2, 0.25) is 0 Å². The van der Waals surface area contributed by atoms with E-state index >= 15 is 0 Å². The maximum Gasteiger partial charge on any atom is 0.163 e. The van der Waals surface area contributed by atoms with Crippen LogP contribution < -0.4 is 4.74 Å². The highest BCUT2D eigenvalue weighted by molar-refractivity contribution is 6.06. The molecule has 2 heterocycles. The Bertz CT molecular complexity index is 1380. The third kappa shape index (κ3) is 8.33. The number of hydrogen-bond acceptors (Lipinski definition) is 6. The smallest absolute Gasteiger partial charge is 0.163 e. The summed E-state index contributed by atoms with van der Waals surface area (Å²) in [6, 6.07) is 7.80. The molecule has 0 radical (unpaired) electrons. The minimum atomic E-state index is -0.487. The lowest BCUT2D eigenvalue weighted by Gasteiger charge is -2.43. The zero-order chi connectivity index (χ0) is 32.0. The van der Waals surface area contributed by atoms with E-state index in [9.17, 15) is 9.59 Å². The zero-order valence-electron chi connectivity index (χ0n) is 28.3. The maximum absolute atomic E-state index is 13.7. The third-order valence-corrected chi connectivity index (χ3v) is 9.51. The van der Waals surface area contributed by atoms with Crippen LogP contribution in [0.4, 0.5) is 0 Å². The molecule has 244 valence electrons. The van der Waals surface area contributed by atoms with Crippen LogP contribution in [0.3, 0.4) is 0 Å². The predicted octanol–water partition coefficient (Wildman–Crippen LogP) is 9.18. The number of unbranched alkanes of at least 4 members (excludes halogenated alkanes) is 9. The SMILES string of the molecule is CCCCCCCCCCCCn1cc(COc2ccccc2C2C3=C(CC(C)(C)CC3=O)OC3=C2C(=O)CC(C)(C)C3)nn1. The van der Waals surface area contributed by atoms with Crippen LogP contribution in [0.15, 0.2) is 53.1 Å². The maximum atomic E-state index is 13.7. The number of aryl methyl sites for hydroxylation is 1. The first-order chi connectivity index (χ1) is 21.6. The van der Waals surface area contributed by atoms with Gasteiger partial charge in [-0.25, -0.2) is 0 Å². The van der Waals surface area contributed by atoms with Crippen LogP contribution in [0.2, 0.25) is 0 Å². The number of aromatic nitrogens is 3. The first kappa shape index (κ1) is 33.2. The second kappa shape index (κ2) is 14.5. The fourth-order valence-corrected chi connectivity index (χ4v) is 7.26. The monoisotopic (exact) mass is 615 g/mol. The molecule has 1 aromatic carbocycles. The van der Waals surface area contributed by atoms with Gasteiger partial charge in [0.1, 0.15) is 29.6 Å². The van der Waals surface area contributed by atoms with Crippen LogP contribution in [0.1, 0.15) is 142 Å². The second-order valence-electron chi connectivity index (χ2n) is 15.1. The van der Waals surface area contributed by atoms with E-state index in [2.05, 4.69) is 44.9 Å². The summed E-state index contributed by atoms with van der Waals surface area (Å²) in [6.45, 7) is 11.8. The lowest BCUT2D eigenvalue weighted by atomic mass is 9.65. The number of benzene rings is 1. The topological polar surface area (TPSA) is 83.3 Å². The van der Waals surface area contributed by atoms with Gasteiger partial charge in [-0.1, -0.05) is 116 Å². The van der Waals surface area contributed by atoms with Gasteiger partial charge in [0.25, 0.3) is 0 Å². The number of nitrogens with zero attached hydrogens (tertiary/aromatic N) is 3. The van der Waals surface area contributed by atoms with Crippen LogP contribution in [-0.2, 0) is 27.5 Å². The second-order valence-corrected chi connectivity index (χ2v) is 15.1. The molecule has 2 aliphatic carbocycles. The van der Waals surface area contributed by atoms with Crippen molar-refractivity contribution < 1.29 is 19.1 Å². The molecule has 7 heteroatoms. The van der Waals surface area contributed by atoms with Gasteiger partial charge in [0.05, 0.1) is 12.1 Å². The predicted molar refractivity (Wildman–Crippen MR) is 177 cm³/mol. The molecule has 3 aliphatic rings. The summed E-state index contributed by atoms with van der Waals surface area (Å²) >= 11 is 0. The zero-order valence-corrected chi connectivity index (χ0v) is 28.3. The van der Waals surface area contributed by atoms with E-state index in [1.807, 2.05) is 35.1 Å². The van der Waals surface area contributed by atoms with Crippen molar-refractivity contribution in [3.05, 3.63) is 64.4 Å². The van der Waals surface area contributed by atoms with Crippen LogP contribution >= 0.6 is 0 Å². The Balaban J connectivity index is 1.25. The Morgan fingerprint density at radius 1 is 0.800 bits per heavy atom. The highest BCUT2D eigenvalue weighted by Crippen LogP contribution is 2.54. The van der Waals surface area contributed by atoms with Crippen molar-refractivity contribution in [1.82, 2.24) is 15.0 Å². The molecule has 0 saturated carbocycles. The summed E-state index contributed by atoms with van der Waals surface area (Å²) in [6.07, 6.45) is 17.2. The quantitative estimate of drug-likeness (QED) is 0.186.